The lowest BCUT2D eigenvalue weighted by atomic mass is 10.1. The largest absolute Gasteiger partial charge is 0.493 e. The van der Waals surface area contributed by atoms with Gasteiger partial charge in [0.1, 0.15) is 5.75 Å². The Morgan fingerprint density at radius 2 is 1.70 bits per heavy atom. The standard InChI is InChI=1S/C16H15NO6/c1-21-14-8-3-11(9-15(14)22-2)10-16(18)23-13-6-4-12(5-7-13)17(19)20/h3-9H,10H2,1-2H3. The fourth-order valence-corrected chi connectivity index (χ4v) is 1.96. The van der Waals surface area contributed by atoms with Crippen LogP contribution in [-0.2, 0) is 11.2 Å². The second-order valence-corrected chi connectivity index (χ2v) is 4.59. The lowest BCUT2D eigenvalue weighted by molar-refractivity contribution is -0.384. The average Bonchev–Trinajstić information content (AvgIpc) is 2.55. The van der Waals surface area contributed by atoms with Gasteiger partial charge in [-0.3, -0.25) is 14.9 Å². The van der Waals surface area contributed by atoms with Crippen LogP contribution in [0.4, 0.5) is 5.69 Å². The van der Waals surface area contributed by atoms with Crippen molar-refractivity contribution < 1.29 is 23.9 Å². The van der Waals surface area contributed by atoms with Crippen LogP contribution >= 0.6 is 0 Å². The molecule has 0 bridgehead atoms. The number of hydrogen-bond donors (Lipinski definition) is 0. The van der Waals surface area contributed by atoms with Gasteiger partial charge < -0.3 is 14.2 Å². The van der Waals surface area contributed by atoms with Crippen LogP contribution in [0.15, 0.2) is 42.5 Å². The Kier molecular flexibility index (Phi) is 5.14. The lowest BCUT2D eigenvalue weighted by Gasteiger charge is -2.09. The minimum atomic E-state index is -0.519. The summed E-state index contributed by atoms with van der Waals surface area (Å²) >= 11 is 0. The Labute approximate surface area is 132 Å². The van der Waals surface area contributed by atoms with E-state index in [9.17, 15) is 14.9 Å². The average molecular weight is 317 g/mol. The van der Waals surface area contributed by atoms with Crippen molar-refractivity contribution in [2.75, 3.05) is 14.2 Å². The molecule has 0 aromatic heterocycles. The highest BCUT2D eigenvalue weighted by atomic mass is 16.6. The Morgan fingerprint density at radius 1 is 1.04 bits per heavy atom. The Balaban J connectivity index is 2.03. The summed E-state index contributed by atoms with van der Waals surface area (Å²) in [4.78, 5) is 22.0. The van der Waals surface area contributed by atoms with Crippen molar-refractivity contribution in [1.82, 2.24) is 0 Å². The number of ether oxygens (including phenoxy) is 3. The number of non-ortho nitro benzene ring substituents is 1. The van der Waals surface area contributed by atoms with Gasteiger partial charge in [-0.15, -0.1) is 0 Å². The summed E-state index contributed by atoms with van der Waals surface area (Å²) < 4.78 is 15.4. The highest BCUT2D eigenvalue weighted by Gasteiger charge is 2.11. The molecular formula is C16H15NO6. The minimum Gasteiger partial charge on any atom is -0.493 e. The second kappa shape index (κ2) is 7.26. The van der Waals surface area contributed by atoms with Gasteiger partial charge in [0.05, 0.1) is 25.6 Å². The molecule has 0 spiro atoms. The summed E-state index contributed by atoms with van der Waals surface area (Å²) in [5.74, 6) is 0.861. The lowest BCUT2D eigenvalue weighted by Crippen LogP contribution is -2.11. The summed E-state index contributed by atoms with van der Waals surface area (Å²) in [6.07, 6.45) is 0.0390. The van der Waals surface area contributed by atoms with Crippen LogP contribution < -0.4 is 14.2 Å². The highest BCUT2D eigenvalue weighted by Crippen LogP contribution is 2.28. The predicted molar refractivity (Wildman–Crippen MR) is 82.0 cm³/mol. The Hall–Kier alpha value is -3.09. The number of nitrogens with zero attached hydrogens (tertiary/aromatic N) is 1. The molecule has 0 radical (unpaired) electrons. The van der Waals surface area contributed by atoms with Crippen molar-refractivity contribution in [3.8, 4) is 17.2 Å². The third-order valence-corrected chi connectivity index (χ3v) is 3.08. The van der Waals surface area contributed by atoms with E-state index in [4.69, 9.17) is 14.2 Å². The molecule has 0 aliphatic carbocycles. The van der Waals surface area contributed by atoms with Crippen molar-refractivity contribution in [3.05, 3.63) is 58.1 Å². The van der Waals surface area contributed by atoms with Gasteiger partial charge in [0.25, 0.3) is 5.69 Å². The number of esters is 1. The fraction of sp³-hybridized carbons (Fsp3) is 0.188. The summed E-state index contributed by atoms with van der Waals surface area (Å²) in [5.41, 5.74) is 0.638. The molecule has 2 rings (SSSR count). The molecule has 2 aromatic carbocycles. The molecule has 7 heteroatoms. The summed E-state index contributed by atoms with van der Waals surface area (Å²) in [7, 11) is 3.04. The molecule has 120 valence electrons. The summed E-state index contributed by atoms with van der Waals surface area (Å²) in [5, 5.41) is 10.6. The maximum atomic E-state index is 11.9. The van der Waals surface area contributed by atoms with Crippen LogP contribution in [-0.4, -0.2) is 25.1 Å². The van der Waals surface area contributed by atoms with E-state index in [1.807, 2.05) is 0 Å². The number of carbonyl (C=O) groups excluding carboxylic acids is 1. The third-order valence-electron chi connectivity index (χ3n) is 3.08. The molecule has 0 saturated carbocycles. The van der Waals surface area contributed by atoms with Crippen LogP contribution in [0.3, 0.4) is 0 Å². The molecule has 0 unspecified atom stereocenters. The number of methoxy groups -OCH3 is 2. The molecule has 0 atom stereocenters. The SMILES string of the molecule is COc1ccc(CC(=O)Oc2ccc([N+](=O)[O-])cc2)cc1OC. The molecule has 0 fully saturated rings. The number of rotatable bonds is 6. The van der Waals surface area contributed by atoms with Crippen molar-refractivity contribution >= 4 is 11.7 Å². The van der Waals surface area contributed by atoms with E-state index >= 15 is 0 Å². The first-order valence-electron chi connectivity index (χ1n) is 6.69. The van der Waals surface area contributed by atoms with Gasteiger partial charge >= 0.3 is 5.97 Å². The van der Waals surface area contributed by atoms with Gasteiger partial charge in [-0.05, 0) is 29.8 Å². The van der Waals surface area contributed by atoms with E-state index in [0.717, 1.165) is 0 Å². The molecule has 7 nitrogen and oxygen atoms in total. The normalized spacial score (nSPS) is 10.0. The second-order valence-electron chi connectivity index (χ2n) is 4.59. The molecule has 0 aliphatic heterocycles. The smallest absolute Gasteiger partial charge is 0.315 e. The molecule has 0 saturated heterocycles. The third kappa shape index (κ3) is 4.19. The first kappa shape index (κ1) is 16.3. The van der Waals surface area contributed by atoms with E-state index in [1.54, 1.807) is 18.2 Å². The van der Waals surface area contributed by atoms with Crippen LogP contribution in [0.25, 0.3) is 0 Å². The molecule has 23 heavy (non-hydrogen) atoms. The van der Waals surface area contributed by atoms with Gasteiger partial charge in [-0.2, -0.15) is 0 Å². The fourth-order valence-electron chi connectivity index (χ4n) is 1.96. The number of benzene rings is 2. The first-order valence-corrected chi connectivity index (χ1v) is 6.69. The predicted octanol–water partition coefficient (Wildman–Crippen LogP) is 2.76. The van der Waals surface area contributed by atoms with Crippen LogP contribution in [0, 0.1) is 10.1 Å². The monoisotopic (exact) mass is 317 g/mol. The van der Waals surface area contributed by atoms with E-state index < -0.39 is 10.9 Å². The van der Waals surface area contributed by atoms with Gasteiger partial charge in [-0.25, -0.2) is 0 Å². The first-order chi connectivity index (χ1) is 11.0. The summed E-state index contributed by atoms with van der Waals surface area (Å²) in [6, 6.07) is 10.4. The van der Waals surface area contributed by atoms with Gasteiger partial charge in [-0.1, -0.05) is 6.07 Å². The molecule has 2 aromatic rings. The zero-order valence-corrected chi connectivity index (χ0v) is 12.6. The van der Waals surface area contributed by atoms with Gasteiger partial charge in [0.15, 0.2) is 11.5 Å². The van der Waals surface area contributed by atoms with Gasteiger partial charge in [0, 0.05) is 12.1 Å². The van der Waals surface area contributed by atoms with Crippen molar-refractivity contribution in [2.24, 2.45) is 0 Å². The molecule has 0 aliphatic rings. The minimum absolute atomic E-state index is 0.0390. The van der Waals surface area contributed by atoms with Crippen LogP contribution in [0.5, 0.6) is 17.2 Å². The number of nitro benzene ring substituents is 1. The molecular weight excluding hydrogens is 302 g/mol. The van der Waals surface area contributed by atoms with Crippen molar-refractivity contribution in [3.63, 3.8) is 0 Å². The van der Waals surface area contributed by atoms with E-state index in [2.05, 4.69) is 0 Å². The maximum absolute atomic E-state index is 11.9. The number of nitro groups is 1. The quantitative estimate of drug-likeness (QED) is 0.352. The zero-order valence-electron chi connectivity index (χ0n) is 12.6. The number of carbonyl (C=O) groups is 1. The van der Waals surface area contributed by atoms with E-state index in [0.29, 0.717) is 17.1 Å². The summed E-state index contributed by atoms with van der Waals surface area (Å²) in [6.45, 7) is 0. The van der Waals surface area contributed by atoms with Crippen molar-refractivity contribution in [2.45, 2.75) is 6.42 Å². The van der Waals surface area contributed by atoms with Gasteiger partial charge in [0.2, 0.25) is 0 Å². The zero-order chi connectivity index (χ0) is 16.8. The maximum Gasteiger partial charge on any atom is 0.315 e. The molecule has 0 N–H and O–H groups in total. The Morgan fingerprint density at radius 3 is 2.26 bits per heavy atom. The van der Waals surface area contributed by atoms with E-state index in [-0.39, 0.29) is 17.9 Å². The highest BCUT2D eigenvalue weighted by molar-refractivity contribution is 5.75. The number of hydrogen-bond acceptors (Lipinski definition) is 6. The van der Waals surface area contributed by atoms with Crippen LogP contribution in [0.1, 0.15) is 5.56 Å². The Bertz CT molecular complexity index is 711. The van der Waals surface area contributed by atoms with Crippen molar-refractivity contribution in [1.29, 1.82) is 0 Å². The van der Waals surface area contributed by atoms with E-state index in [1.165, 1.54) is 38.5 Å². The molecule has 0 heterocycles. The van der Waals surface area contributed by atoms with Crippen LogP contribution in [0.2, 0.25) is 0 Å². The molecule has 0 amide bonds. The topological polar surface area (TPSA) is 87.9 Å².